The van der Waals surface area contributed by atoms with Crippen LogP contribution in [0.3, 0.4) is 0 Å². The molecular weight excluding hydrogens is 286 g/mol. The Labute approximate surface area is 128 Å². The van der Waals surface area contributed by atoms with Gasteiger partial charge in [-0.05, 0) is 55.9 Å². The van der Waals surface area contributed by atoms with Crippen molar-refractivity contribution in [3.05, 3.63) is 28.8 Å². The summed E-state index contributed by atoms with van der Waals surface area (Å²) in [6.45, 7) is 9.60. The summed E-state index contributed by atoms with van der Waals surface area (Å²) in [6.07, 6.45) is 0.813. The number of nitrogens with zero attached hydrogens (tertiary/aromatic N) is 1. The van der Waals surface area contributed by atoms with Gasteiger partial charge in [0.25, 0.3) is 0 Å². The van der Waals surface area contributed by atoms with Crippen molar-refractivity contribution in [1.29, 1.82) is 0 Å². The first kappa shape index (κ1) is 18.1. The third kappa shape index (κ3) is 4.05. The minimum atomic E-state index is -3.54. The Morgan fingerprint density at radius 1 is 1.14 bits per heavy atom. The van der Waals surface area contributed by atoms with Gasteiger partial charge in [0.15, 0.2) is 0 Å². The van der Waals surface area contributed by atoms with E-state index in [1.54, 1.807) is 20.0 Å². The first-order valence-electron chi connectivity index (χ1n) is 7.30. The largest absolute Gasteiger partial charge is 0.392 e. The molecule has 0 spiro atoms. The fourth-order valence-corrected chi connectivity index (χ4v) is 4.17. The second kappa shape index (κ2) is 6.90. The Kier molecular flexibility index (Phi) is 5.96. The summed E-state index contributed by atoms with van der Waals surface area (Å²) in [5.41, 5.74) is 2.28. The van der Waals surface area contributed by atoms with Crippen LogP contribution in [0.5, 0.6) is 0 Å². The highest BCUT2D eigenvalue weighted by molar-refractivity contribution is 7.89. The van der Waals surface area contributed by atoms with E-state index in [1.807, 2.05) is 19.9 Å². The number of hydrogen-bond donors (Lipinski definition) is 1. The molecule has 0 aliphatic carbocycles. The van der Waals surface area contributed by atoms with E-state index in [9.17, 15) is 13.5 Å². The number of rotatable bonds is 6. The summed E-state index contributed by atoms with van der Waals surface area (Å²) in [4.78, 5) is 0.287. The van der Waals surface area contributed by atoms with Crippen LogP contribution in [-0.4, -0.2) is 30.9 Å². The van der Waals surface area contributed by atoms with Gasteiger partial charge in [0.05, 0.1) is 11.5 Å². The SMILES string of the molecule is Cc1cc(C)c(S(=O)(=O)N(C)C(C)CC(C)C)cc1CO. The molecule has 0 heterocycles. The summed E-state index contributed by atoms with van der Waals surface area (Å²) < 4.78 is 27.0. The van der Waals surface area contributed by atoms with Crippen molar-refractivity contribution in [2.75, 3.05) is 7.05 Å². The number of aliphatic hydroxyl groups excluding tert-OH is 1. The second-order valence-electron chi connectivity index (χ2n) is 6.20. The fourth-order valence-electron chi connectivity index (χ4n) is 2.55. The summed E-state index contributed by atoms with van der Waals surface area (Å²) in [5, 5.41) is 9.36. The monoisotopic (exact) mass is 313 g/mol. The molecule has 4 nitrogen and oxygen atoms in total. The maximum Gasteiger partial charge on any atom is 0.243 e. The van der Waals surface area contributed by atoms with Gasteiger partial charge in [0.2, 0.25) is 10.0 Å². The van der Waals surface area contributed by atoms with Gasteiger partial charge in [-0.15, -0.1) is 0 Å². The molecule has 0 aromatic heterocycles. The number of aliphatic hydroxyl groups is 1. The molecule has 0 radical (unpaired) electrons. The summed E-state index contributed by atoms with van der Waals surface area (Å²) >= 11 is 0. The summed E-state index contributed by atoms with van der Waals surface area (Å²) in [6, 6.07) is 3.35. The van der Waals surface area contributed by atoms with Gasteiger partial charge >= 0.3 is 0 Å². The van der Waals surface area contributed by atoms with Crippen LogP contribution in [0.1, 0.15) is 43.9 Å². The lowest BCUT2D eigenvalue weighted by atomic mass is 10.1. The molecule has 1 aromatic rings. The first-order chi connectivity index (χ1) is 9.61. The zero-order valence-corrected chi connectivity index (χ0v) is 14.7. The van der Waals surface area contributed by atoms with Gasteiger partial charge in [-0.2, -0.15) is 4.31 Å². The third-order valence-corrected chi connectivity index (χ3v) is 6.01. The van der Waals surface area contributed by atoms with Crippen LogP contribution >= 0.6 is 0 Å². The van der Waals surface area contributed by atoms with Crippen LogP contribution in [0.4, 0.5) is 0 Å². The summed E-state index contributed by atoms with van der Waals surface area (Å²) in [5.74, 6) is 0.435. The van der Waals surface area contributed by atoms with E-state index in [0.717, 1.165) is 12.0 Å². The standard InChI is InChI=1S/C16H27NO3S/c1-11(2)7-14(5)17(6)21(19,20)16-9-15(10-18)12(3)8-13(16)4/h8-9,11,14,18H,7,10H2,1-6H3. The molecule has 1 atom stereocenters. The van der Waals surface area contributed by atoms with E-state index in [-0.39, 0.29) is 17.5 Å². The Morgan fingerprint density at radius 3 is 2.19 bits per heavy atom. The predicted octanol–water partition coefficient (Wildman–Crippen LogP) is 2.85. The minimum Gasteiger partial charge on any atom is -0.392 e. The quantitative estimate of drug-likeness (QED) is 0.878. The van der Waals surface area contributed by atoms with Crippen molar-refractivity contribution in [2.24, 2.45) is 5.92 Å². The van der Waals surface area contributed by atoms with E-state index in [0.29, 0.717) is 17.0 Å². The third-order valence-electron chi connectivity index (χ3n) is 3.89. The molecule has 0 amide bonds. The van der Waals surface area contributed by atoms with Crippen LogP contribution in [0, 0.1) is 19.8 Å². The maximum absolute atomic E-state index is 12.8. The van der Waals surface area contributed by atoms with E-state index in [1.165, 1.54) is 4.31 Å². The second-order valence-corrected chi connectivity index (χ2v) is 8.17. The van der Waals surface area contributed by atoms with Gasteiger partial charge < -0.3 is 5.11 Å². The Balaban J connectivity index is 3.24. The molecular formula is C16H27NO3S. The number of sulfonamides is 1. The number of hydrogen-bond acceptors (Lipinski definition) is 3. The Morgan fingerprint density at radius 2 is 1.71 bits per heavy atom. The van der Waals surface area contributed by atoms with Crippen molar-refractivity contribution >= 4 is 10.0 Å². The van der Waals surface area contributed by atoms with Crippen molar-refractivity contribution in [2.45, 2.75) is 58.6 Å². The van der Waals surface area contributed by atoms with E-state index in [4.69, 9.17) is 0 Å². The lowest BCUT2D eigenvalue weighted by molar-refractivity contribution is 0.280. The molecule has 0 bridgehead atoms. The zero-order chi connectivity index (χ0) is 16.4. The average Bonchev–Trinajstić information content (AvgIpc) is 2.36. The molecule has 0 aliphatic rings. The Hall–Kier alpha value is -0.910. The van der Waals surface area contributed by atoms with Crippen molar-refractivity contribution < 1.29 is 13.5 Å². The molecule has 1 unspecified atom stereocenters. The number of aryl methyl sites for hydroxylation is 2. The van der Waals surface area contributed by atoms with Crippen LogP contribution in [0.2, 0.25) is 0 Å². The molecule has 0 fully saturated rings. The van der Waals surface area contributed by atoms with Crippen LogP contribution in [0.25, 0.3) is 0 Å². The van der Waals surface area contributed by atoms with Crippen LogP contribution < -0.4 is 0 Å². The predicted molar refractivity (Wildman–Crippen MR) is 85.7 cm³/mol. The van der Waals surface area contributed by atoms with Crippen molar-refractivity contribution in [3.8, 4) is 0 Å². The van der Waals surface area contributed by atoms with Crippen LogP contribution in [-0.2, 0) is 16.6 Å². The molecule has 21 heavy (non-hydrogen) atoms. The smallest absolute Gasteiger partial charge is 0.243 e. The lowest BCUT2D eigenvalue weighted by Gasteiger charge is -2.26. The molecule has 0 saturated heterocycles. The molecule has 120 valence electrons. The molecule has 1 aromatic carbocycles. The highest BCUT2D eigenvalue weighted by atomic mass is 32.2. The van der Waals surface area contributed by atoms with E-state index < -0.39 is 10.0 Å². The van der Waals surface area contributed by atoms with Gasteiger partial charge in [-0.1, -0.05) is 19.9 Å². The molecule has 0 aliphatic heterocycles. The molecule has 5 heteroatoms. The van der Waals surface area contributed by atoms with Crippen molar-refractivity contribution in [1.82, 2.24) is 4.31 Å². The normalized spacial score (nSPS) is 14.0. The van der Waals surface area contributed by atoms with Gasteiger partial charge in [0, 0.05) is 13.1 Å². The molecule has 1 rings (SSSR count). The first-order valence-corrected chi connectivity index (χ1v) is 8.74. The topological polar surface area (TPSA) is 57.6 Å². The van der Waals surface area contributed by atoms with Crippen LogP contribution in [0.15, 0.2) is 17.0 Å². The van der Waals surface area contributed by atoms with Crippen molar-refractivity contribution in [3.63, 3.8) is 0 Å². The van der Waals surface area contributed by atoms with E-state index in [2.05, 4.69) is 13.8 Å². The highest BCUT2D eigenvalue weighted by Gasteiger charge is 2.27. The highest BCUT2D eigenvalue weighted by Crippen LogP contribution is 2.25. The average molecular weight is 313 g/mol. The number of benzene rings is 1. The fraction of sp³-hybridized carbons (Fsp3) is 0.625. The van der Waals surface area contributed by atoms with Gasteiger partial charge in [-0.3, -0.25) is 0 Å². The zero-order valence-electron chi connectivity index (χ0n) is 13.8. The van der Waals surface area contributed by atoms with Gasteiger partial charge in [0.1, 0.15) is 0 Å². The lowest BCUT2D eigenvalue weighted by Crippen LogP contribution is -2.36. The Bertz CT molecular complexity index is 594. The minimum absolute atomic E-state index is 0.0618. The van der Waals surface area contributed by atoms with E-state index >= 15 is 0 Å². The molecule has 0 saturated carbocycles. The van der Waals surface area contributed by atoms with Gasteiger partial charge in [-0.25, -0.2) is 8.42 Å². The summed E-state index contributed by atoms with van der Waals surface area (Å²) in [7, 11) is -1.92. The maximum atomic E-state index is 12.8. The molecule has 1 N–H and O–H groups in total.